The van der Waals surface area contributed by atoms with Crippen LogP contribution in [0.1, 0.15) is 19.3 Å². The molecule has 0 aromatic carbocycles. The standard InChI is InChI=1S/C10H16N2O3/c11-8-1-3-12(9(13)5-8)10(14)7-2-4-15-6-7/h7-8H,1-6,11H2. The third-order valence-electron chi connectivity index (χ3n) is 3.01. The lowest BCUT2D eigenvalue weighted by atomic mass is 10.0. The molecule has 2 aliphatic heterocycles. The number of nitrogens with zero attached hydrogens (tertiary/aromatic N) is 1. The fourth-order valence-corrected chi connectivity index (χ4v) is 2.04. The minimum atomic E-state index is -0.134. The lowest BCUT2D eigenvalue weighted by molar-refractivity contribution is -0.149. The van der Waals surface area contributed by atoms with Crippen LogP contribution in [0, 0.1) is 5.92 Å². The summed E-state index contributed by atoms with van der Waals surface area (Å²) >= 11 is 0. The van der Waals surface area contributed by atoms with Gasteiger partial charge in [0.05, 0.1) is 12.5 Å². The molecule has 2 heterocycles. The number of nitrogens with two attached hydrogens (primary N) is 1. The second-order valence-corrected chi connectivity index (χ2v) is 4.20. The van der Waals surface area contributed by atoms with Crippen molar-refractivity contribution in [1.82, 2.24) is 4.90 Å². The number of carbonyl (C=O) groups is 2. The molecule has 0 bridgehead atoms. The van der Waals surface area contributed by atoms with Crippen LogP contribution in [0.15, 0.2) is 0 Å². The van der Waals surface area contributed by atoms with Crippen LogP contribution in [-0.4, -0.2) is 42.5 Å². The topological polar surface area (TPSA) is 72.6 Å². The monoisotopic (exact) mass is 212 g/mol. The molecule has 2 N–H and O–H groups in total. The Morgan fingerprint density at radius 3 is 2.87 bits per heavy atom. The summed E-state index contributed by atoms with van der Waals surface area (Å²) in [4.78, 5) is 24.8. The van der Waals surface area contributed by atoms with Crippen LogP contribution in [0.4, 0.5) is 0 Å². The van der Waals surface area contributed by atoms with Crippen molar-refractivity contribution in [1.29, 1.82) is 0 Å². The van der Waals surface area contributed by atoms with Gasteiger partial charge >= 0.3 is 0 Å². The molecule has 0 spiro atoms. The van der Waals surface area contributed by atoms with E-state index < -0.39 is 0 Å². The molecular weight excluding hydrogens is 196 g/mol. The first-order valence-corrected chi connectivity index (χ1v) is 5.36. The predicted molar refractivity (Wildman–Crippen MR) is 52.9 cm³/mol. The van der Waals surface area contributed by atoms with Gasteiger partial charge < -0.3 is 10.5 Å². The first-order valence-electron chi connectivity index (χ1n) is 5.36. The second kappa shape index (κ2) is 4.28. The first kappa shape index (κ1) is 10.6. The Balaban J connectivity index is 1.97. The van der Waals surface area contributed by atoms with Gasteiger partial charge in [0.25, 0.3) is 0 Å². The number of hydrogen-bond donors (Lipinski definition) is 1. The lowest BCUT2D eigenvalue weighted by Gasteiger charge is -2.29. The number of amides is 2. The fourth-order valence-electron chi connectivity index (χ4n) is 2.04. The van der Waals surface area contributed by atoms with Crippen LogP contribution < -0.4 is 5.73 Å². The molecule has 2 unspecified atom stereocenters. The van der Waals surface area contributed by atoms with E-state index in [9.17, 15) is 9.59 Å². The lowest BCUT2D eigenvalue weighted by Crippen LogP contribution is -2.48. The van der Waals surface area contributed by atoms with Crippen molar-refractivity contribution in [2.24, 2.45) is 11.7 Å². The molecule has 2 amide bonds. The minimum absolute atomic E-state index is 0.0793. The van der Waals surface area contributed by atoms with Crippen molar-refractivity contribution < 1.29 is 14.3 Å². The zero-order valence-corrected chi connectivity index (χ0v) is 8.65. The van der Waals surface area contributed by atoms with Gasteiger partial charge in [-0.05, 0) is 12.8 Å². The van der Waals surface area contributed by atoms with Gasteiger partial charge in [0, 0.05) is 25.6 Å². The minimum Gasteiger partial charge on any atom is -0.381 e. The predicted octanol–water partition coefficient (Wildman–Crippen LogP) is -0.501. The van der Waals surface area contributed by atoms with E-state index in [1.54, 1.807) is 0 Å². The summed E-state index contributed by atoms with van der Waals surface area (Å²) in [5.41, 5.74) is 5.66. The highest BCUT2D eigenvalue weighted by Gasteiger charge is 2.34. The summed E-state index contributed by atoms with van der Waals surface area (Å²) in [6.45, 7) is 1.54. The van der Waals surface area contributed by atoms with Gasteiger partial charge in [-0.3, -0.25) is 14.5 Å². The van der Waals surface area contributed by atoms with E-state index in [-0.39, 0.29) is 23.8 Å². The van der Waals surface area contributed by atoms with Crippen molar-refractivity contribution in [2.45, 2.75) is 25.3 Å². The van der Waals surface area contributed by atoms with Gasteiger partial charge in [0.15, 0.2) is 0 Å². The third kappa shape index (κ3) is 2.18. The molecule has 0 saturated carbocycles. The molecule has 0 radical (unpaired) electrons. The van der Waals surface area contributed by atoms with Crippen LogP contribution in [0.2, 0.25) is 0 Å². The summed E-state index contributed by atoms with van der Waals surface area (Å²) in [7, 11) is 0. The van der Waals surface area contributed by atoms with E-state index >= 15 is 0 Å². The maximum Gasteiger partial charge on any atom is 0.234 e. The Kier molecular flexibility index (Phi) is 3.02. The molecule has 0 aromatic rings. The molecule has 2 fully saturated rings. The van der Waals surface area contributed by atoms with Crippen LogP contribution >= 0.6 is 0 Å². The molecule has 0 aliphatic carbocycles. The maximum absolute atomic E-state index is 11.9. The summed E-state index contributed by atoms with van der Waals surface area (Å²) in [5.74, 6) is -0.335. The average molecular weight is 212 g/mol. The summed E-state index contributed by atoms with van der Waals surface area (Å²) < 4.78 is 5.14. The molecule has 5 nitrogen and oxygen atoms in total. The molecule has 84 valence electrons. The van der Waals surface area contributed by atoms with Crippen LogP contribution in [0.5, 0.6) is 0 Å². The molecule has 2 saturated heterocycles. The molecule has 0 aromatic heterocycles. The molecule has 5 heteroatoms. The summed E-state index contributed by atoms with van der Waals surface area (Å²) in [6, 6.07) is -0.0821. The van der Waals surface area contributed by atoms with Gasteiger partial charge in [-0.15, -0.1) is 0 Å². The number of carbonyl (C=O) groups excluding carboxylic acids is 2. The summed E-state index contributed by atoms with van der Waals surface area (Å²) in [6.07, 6.45) is 1.74. The van der Waals surface area contributed by atoms with Gasteiger partial charge in [-0.25, -0.2) is 0 Å². The third-order valence-corrected chi connectivity index (χ3v) is 3.01. The van der Waals surface area contributed by atoms with Crippen LogP contribution in [-0.2, 0) is 14.3 Å². The number of imide groups is 1. The molecule has 2 rings (SSSR count). The summed E-state index contributed by atoms with van der Waals surface area (Å²) in [5, 5.41) is 0. The highest BCUT2D eigenvalue weighted by molar-refractivity contribution is 5.97. The van der Waals surface area contributed by atoms with Crippen molar-refractivity contribution in [2.75, 3.05) is 19.8 Å². The van der Waals surface area contributed by atoms with Crippen molar-refractivity contribution in [3.05, 3.63) is 0 Å². The normalized spacial score (nSPS) is 32.1. The van der Waals surface area contributed by atoms with Crippen molar-refractivity contribution in [3.8, 4) is 0 Å². The Morgan fingerprint density at radius 1 is 1.47 bits per heavy atom. The zero-order chi connectivity index (χ0) is 10.8. The molecule has 15 heavy (non-hydrogen) atoms. The van der Waals surface area contributed by atoms with E-state index in [1.165, 1.54) is 4.90 Å². The maximum atomic E-state index is 11.9. The molecular formula is C10H16N2O3. The quantitative estimate of drug-likeness (QED) is 0.595. The van der Waals surface area contributed by atoms with Gasteiger partial charge in [0.2, 0.25) is 11.8 Å². The second-order valence-electron chi connectivity index (χ2n) is 4.20. The van der Waals surface area contributed by atoms with E-state index in [2.05, 4.69) is 0 Å². The zero-order valence-electron chi connectivity index (χ0n) is 8.65. The molecule has 2 aliphatic rings. The van der Waals surface area contributed by atoms with Crippen LogP contribution in [0.25, 0.3) is 0 Å². The van der Waals surface area contributed by atoms with E-state index in [1.807, 2.05) is 0 Å². The van der Waals surface area contributed by atoms with E-state index in [0.29, 0.717) is 32.6 Å². The Morgan fingerprint density at radius 2 is 2.27 bits per heavy atom. The number of piperidine rings is 1. The number of hydrogen-bond acceptors (Lipinski definition) is 4. The Hall–Kier alpha value is -0.940. The number of likely N-dealkylation sites (tertiary alicyclic amines) is 1. The largest absolute Gasteiger partial charge is 0.381 e. The van der Waals surface area contributed by atoms with Gasteiger partial charge in [-0.1, -0.05) is 0 Å². The highest BCUT2D eigenvalue weighted by Crippen LogP contribution is 2.19. The number of ether oxygens (including phenoxy) is 1. The SMILES string of the molecule is NC1CCN(C(=O)C2CCOC2)C(=O)C1. The first-order chi connectivity index (χ1) is 7.18. The van der Waals surface area contributed by atoms with Crippen molar-refractivity contribution >= 4 is 11.8 Å². The molecule has 2 atom stereocenters. The highest BCUT2D eigenvalue weighted by atomic mass is 16.5. The van der Waals surface area contributed by atoms with Crippen molar-refractivity contribution in [3.63, 3.8) is 0 Å². The number of rotatable bonds is 1. The van der Waals surface area contributed by atoms with E-state index in [4.69, 9.17) is 10.5 Å². The fraction of sp³-hybridized carbons (Fsp3) is 0.800. The Bertz CT molecular complexity index is 274. The van der Waals surface area contributed by atoms with Gasteiger partial charge in [0.1, 0.15) is 0 Å². The Labute approximate surface area is 88.5 Å². The smallest absolute Gasteiger partial charge is 0.234 e. The van der Waals surface area contributed by atoms with E-state index in [0.717, 1.165) is 6.42 Å². The average Bonchev–Trinajstić information content (AvgIpc) is 2.69. The van der Waals surface area contributed by atoms with Crippen LogP contribution in [0.3, 0.4) is 0 Å². The van der Waals surface area contributed by atoms with Gasteiger partial charge in [-0.2, -0.15) is 0 Å².